The minimum atomic E-state index is -0.270. The first-order valence-corrected chi connectivity index (χ1v) is 15.4. The van der Waals surface area contributed by atoms with Crippen molar-refractivity contribution in [2.24, 2.45) is 18.9 Å². The fraction of sp³-hybridized carbons (Fsp3) is 0.531. The minimum Gasteiger partial charge on any atom is -0.341 e. The monoisotopic (exact) mass is 605 g/mol. The number of hydrogen-bond donors (Lipinski definition) is 2. The van der Waals surface area contributed by atoms with E-state index in [0.717, 1.165) is 55.6 Å². The molecule has 2 aromatic carbocycles. The molecule has 2 aliphatic rings. The number of hydrogen-bond acceptors (Lipinski definition) is 7. The van der Waals surface area contributed by atoms with Gasteiger partial charge in [0.05, 0.1) is 6.54 Å². The molecular weight excluding hydrogens is 561 g/mol. The molecule has 12 heteroatoms. The molecule has 3 amide bonds. The lowest BCUT2D eigenvalue weighted by Gasteiger charge is -2.43. The Bertz CT molecular complexity index is 1430. The molecule has 3 heterocycles. The van der Waals surface area contributed by atoms with Crippen LogP contribution in [0.3, 0.4) is 0 Å². The Labute approximate surface area is 258 Å². The van der Waals surface area contributed by atoms with Gasteiger partial charge < -0.3 is 25.3 Å². The maximum Gasteiger partial charge on any atom is 0.319 e. The number of anilines is 1. The maximum atomic E-state index is 13.4. The Morgan fingerprint density at radius 3 is 2.59 bits per heavy atom. The van der Waals surface area contributed by atoms with Crippen molar-refractivity contribution < 1.29 is 14.0 Å². The zero-order chi connectivity index (χ0) is 31.2. The normalized spacial score (nSPS) is 21.0. The Hall–Kier alpha value is -3.90. The average Bonchev–Trinajstić information content (AvgIpc) is 3.40. The molecule has 2 aliphatic heterocycles. The van der Waals surface area contributed by atoms with Gasteiger partial charge in [-0.3, -0.25) is 4.79 Å². The molecule has 0 aliphatic carbocycles. The maximum absolute atomic E-state index is 13.4. The first kappa shape index (κ1) is 31.5. The van der Waals surface area contributed by atoms with E-state index in [0.29, 0.717) is 43.5 Å². The van der Waals surface area contributed by atoms with Crippen LogP contribution in [-0.4, -0.2) is 106 Å². The van der Waals surface area contributed by atoms with Gasteiger partial charge in [-0.2, -0.15) is 0 Å². The van der Waals surface area contributed by atoms with Crippen LogP contribution in [0.15, 0.2) is 42.5 Å². The second-order valence-corrected chi connectivity index (χ2v) is 12.6. The number of piperidine rings is 2. The standard InChI is InChI=1S/C32H44FN9O2/c1-22-14-25(31-36-37-38-40(31)4)17-28(15-22)34-32(44)35-29-11-13-42(30(43)21-39(2)3)20-26(29)19-41-12-5-6-24(18-41)16-23-7-9-27(33)10-8-23/h7-10,14-15,17,24,26,29H,5-6,11-13,16,18-21H2,1-4H3,(H2,34,35,44)/t24-,26+,29+/m0/s1. The van der Waals surface area contributed by atoms with Gasteiger partial charge in [0.25, 0.3) is 0 Å². The summed E-state index contributed by atoms with van der Waals surface area (Å²) in [5.41, 5.74) is 3.61. The molecule has 1 aromatic heterocycles. The van der Waals surface area contributed by atoms with Crippen molar-refractivity contribution in [1.82, 2.24) is 40.2 Å². The van der Waals surface area contributed by atoms with Gasteiger partial charge in [-0.1, -0.05) is 12.1 Å². The summed E-state index contributed by atoms with van der Waals surface area (Å²) in [6, 6.07) is 12.2. The van der Waals surface area contributed by atoms with Crippen molar-refractivity contribution in [2.75, 3.05) is 58.7 Å². The quantitative estimate of drug-likeness (QED) is 0.386. The van der Waals surface area contributed by atoms with Crippen LogP contribution in [0.1, 0.15) is 30.4 Å². The summed E-state index contributed by atoms with van der Waals surface area (Å²) in [6.45, 7) is 6.27. The van der Waals surface area contributed by atoms with E-state index >= 15 is 0 Å². The van der Waals surface area contributed by atoms with Crippen molar-refractivity contribution >= 4 is 17.6 Å². The first-order chi connectivity index (χ1) is 21.1. The van der Waals surface area contributed by atoms with E-state index in [-0.39, 0.29) is 29.7 Å². The molecule has 2 fully saturated rings. The van der Waals surface area contributed by atoms with E-state index in [1.807, 2.05) is 61.2 Å². The zero-order valence-corrected chi connectivity index (χ0v) is 26.2. The van der Waals surface area contributed by atoms with Crippen molar-refractivity contribution in [2.45, 2.75) is 38.6 Å². The van der Waals surface area contributed by atoms with Gasteiger partial charge in [-0.15, -0.1) is 5.10 Å². The number of aromatic nitrogens is 4. The highest BCUT2D eigenvalue weighted by atomic mass is 19.1. The van der Waals surface area contributed by atoms with Crippen LogP contribution < -0.4 is 10.6 Å². The van der Waals surface area contributed by atoms with E-state index < -0.39 is 0 Å². The second kappa shape index (κ2) is 14.3. The van der Waals surface area contributed by atoms with Crippen LogP contribution in [0, 0.1) is 24.6 Å². The van der Waals surface area contributed by atoms with Gasteiger partial charge in [0.1, 0.15) is 5.82 Å². The van der Waals surface area contributed by atoms with Crippen molar-refractivity contribution in [3.63, 3.8) is 0 Å². The molecule has 44 heavy (non-hydrogen) atoms. The lowest BCUT2D eigenvalue weighted by atomic mass is 9.88. The third kappa shape index (κ3) is 8.38. The lowest BCUT2D eigenvalue weighted by molar-refractivity contribution is -0.134. The summed E-state index contributed by atoms with van der Waals surface area (Å²) < 4.78 is 15.0. The number of carbonyl (C=O) groups is 2. The highest BCUT2D eigenvalue weighted by Crippen LogP contribution is 2.26. The summed E-state index contributed by atoms with van der Waals surface area (Å²) in [5, 5.41) is 18.0. The molecule has 5 rings (SSSR count). The third-order valence-electron chi connectivity index (χ3n) is 8.60. The third-order valence-corrected chi connectivity index (χ3v) is 8.60. The number of amides is 3. The summed E-state index contributed by atoms with van der Waals surface area (Å²) in [6.07, 6.45) is 3.84. The first-order valence-electron chi connectivity index (χ1n) is 15.4. The van der Waals surface area contributed by atoms with E-state index in [4.69, 9.17) is 0 Å². The predicted octanol–water partition coefficient (Wildman–Crippen LogP) is 3.18. The largest absolute Gasteiger partial charge is 0.341 e. The molecule has 236 valence electrons. The van der Waals surface area contributed by atoms with Crippen LogP contribution in [0.5, 0.6) is 0 Å². The number of halogens is 1. The van der Waals surface area contributed by atoms with Crippen molar-refractivity contribution in [1.29, 1.82) is 0 Å². The number of aryl methyl sites for hydroxylation is 2. The van der Waals surface area contributed by atoms with E-state index in [2.05, 4.69) is 31.1 Å². The van der Waals surface area contributed by atoms with E-state index in [1.54, 1.807) is 11.7 Å². The van der Waals surface area contributed by atoms with Crippen LogP contribution >= 0.6 is 0 Å². The molecule has 2 saturated heterocycles. The van der Waals surface area contributed by atoms with Crippen molar-refractivity contribution in [3.05, 3.63) is 59.4 Å². The number of urea groups is 1. The molecule has 0 unspecified atom stereocenters. The molecular formula is C32H44FN9O2. The van der Waals surface area contributed by atoms with E-state index in [1.165, 1.54) is 12.1 Å². The van der Waals surface area contributed by atoms with Gasteiger partial charge in [-0.05, 0) is 111 Å². The summed E-state index contributed by atoms with van der Waals surface area (Å²) in [5.74, 6) is 1.09. The lowest BCUT2D eigenvalue weighted by Crippen LogP contribution is -2.57. The van der Waals surface area contributed by atoms with Crippen LogP contribution in [0.2, 0.25) is 0 Å². The number of nitrogens with one attached hydrogen (secondary N) is 2. The summed E-state index contributed by atoms with van der Waals surface area (Å²) >= 11 is 0. The molecule has 11 nitrogen and oxygen atoms in total. The summed E-state index contributed by atoms with van der Waals surface area (Å²) in [4.78, 5) is 32.7. The molecule has 3 aromatic rings. The fourth-order valence-electron chi connectivity index (χ4n) is 6.57. The molecule has 0 saturated carbocycles. The molecule has 0 bridgehead atoms. The van der Waals surface area contributed by atoms with Gasteiger partial charge in [-0.25, -0.2) is 13.9 Å². The number of carbonyl (C=O) groups excluding carboxylic acids is 2. The smallest absolute Gasteiger partial charge is 0.319 e. The fourth-order valence-corrected chi connectivity index (χ4v) is 6.57. The Kier molecular flexibility index (Phi) is 10.2. The summed E-state index contributed by atoms with van der Waals surface area (Å²) in [7, 11) is 5.59. The Morgan fingerprint density at radius 2 is 1.86 bits per heavy atom. The number of tetrazole rings is 1. The molecule has 0 spiro atoms. The van der Waals surface area contributed by atoms with Crippen LogP contribution in [0.25, 0.3) is 11.4 Å². The Morgan fingerprint density at radius 1 is 1.07 bits per heavy atom. The van der Waals surface area contributed by atoms with Gasteiger partial charge in [0.2, 0.25) is 5.91 Å². The predicted molar refractivity (Wildman–Crippen MR) is 167 cm³/mol. The zero-order valence-electron chi connectivity index (χ0n) is 26.2. The highest BCUT2D eigenvalue weighted by Gasteiger charge is 2.35. The molecule has 3 atom stereocenters. The SMILES string of the molecule is Cc1cc(NC(=O)N[C@@H]2CCN(C(=O)CN(C)C)C[C@H]2CN2CCC[C@@H](Cc3ccc(F)cc3)C2)cc(-c2nnnn2C)c1. The number of likely N-dealkylation sites (N-methyl/N-ethyl adjacent to an activating group) is 1. The number of nitrogens with zero attached hydrogens (tertiary/aromatic N) is 7. The number of benzene rings is 2. The van der Waals surface area contributed by atoms with Gasteiger partial charge in [0, 0.05) is 56.4 Å². The van der Waals surface area contributed by atoms with Crippen LogP contribution in [0.4, 0.5) is 14.9 Å². The molecule has 2 N–H and O–H groups in total. The van der Waals surface area contributed by atoms with Crippen molar-refractivity contribution in [3.8, 4) is 11.4 Å². The minimum absolute atomic E-state index is 0.0805. The van der Waals surface area contributed by atoms with Crippen LogP contribution in [-0.2, 0) is 18.3 Å². The number of rotatable bonds is 9. The number of likely N-dealkylation sites (tertiary alicyclic amines) is 2. The second-order valence-electron chi connectivity index (χ2n) is 12.6. The van der Waals surface area contributed by atoms with E-state index in [9.17, 15) is 14.0 Å². The van der Waals surface area contributed by atoms with Gasteiger partial charge >= 0.3 is 6.03 Å². The highest BCUT2D eigenvalue weighted by molar-refractivity contribution is 5.90. The van der Waals surface area contributed by atoms with Gasteiger partial charge in [0.15, 0.2) is 5.82 Å². The topological polar surface area (TPSA) is 112 Å². The molecule has 0 radical (unpaired) electrons. The Balaban J connectivity index is 1.25. The average molecular weight is 606 g/mol.